The maximum absolute atomic E-state index is 11.6. The highest BCUT2D eigenvalue weighted by Crippen LogP contribution is 2.09. The zero-order valence-corrected chi connectivity index (χ0v) is 11.8. The molecule has 0 fully saturated rings. The molecule has 18 heavy (non-hydrogen) atoms. The van der Waals surface area contributed by atoms with Gasteiger partial charge in [0.2, 0.25) is 5.91 Å². The number of nitrogens with zero attached hydrogens (tertiary/aromatic N) is 1. The van der Waals surface area contributed by atoms with Gasteiger partial charge in [0.05, 0.1) is 0 Å². The average molecular weight is 245 g/mol. The van der Waals surface area contributed by atoms with Gasteiger partial charge in [0.25, 0.3) is 0 Å². The normalized spacial score (nSPS) is 11.7. The third kappa shape index (κ3) is 5.17. The van der Waals surface area contributed by atoms with Gasteiger partial charge in [0, 0.05) is 20.0 Å². The predicted molar refractivity (Wildman–Crippen MR) is 77.2 cm³/mol. The Morgan fingerprint density at radius 3 is 2.33 bits per heavy atom. The maximum atomic E-state index is 11.6. The molecular formula is C16H23NO. The minimum atomic E-state index is 0.143. The Bertz CT molecular complexity index is 406. The zero-order valence-electron chi connectivity index (χ0n) is 11.8. The van der Waals surface area contributed by atoms with Crippen LogP contribution in [0.25, 0.3) is 6.08 Å². The van der Waals surface area contributed by atoms with Crippen LogP contribution in [0.15, 0.2) is 35.9 Å². The third-order valence-electron chi connectivity index (χ3n) is 2.68. The molecular weight excluding hydrogens is 222 g/mol. The van der Waals surface area contributed by atoms with E-state index in [1.807, 2.05) is 23.1 Å². The zero-order chi connectivity index (χ0) is 13.5. The van der Waals surface area contributed by atoms with Gasteiger partial charge >= 0.3 is 0 Å². The molecule has 0 aliphatic carbocycles. The summed E-state index contributed by atoms with van der Waals surface area (Å²) in [7, 11) is 0. The van der Waals surface area contributed by atoms with Crippen LogP contribution in [0.4, 0.5) is 0 Å². The maximum Gasteiger partial charge on any atom is 0.219 e. The lowest BCUT2D eigenvalue weighted by atomic mass is 10.1. The summed E-state index contributed by atoms with van der Waals surface area (Å²) >= 11 is 0. The van der Waals surface area contributed by atoms with Gasteiger partial charge in [-0.25, -0.2) is 0 Å². The van der Waals surface area contributed by atoms with Crippen molar-refractivity contribution in [1.29, 1.82) is 0 Å². The largest absolute Gasteiger partial charge is 0.339 e. The predicted octanol–water partition coefficient (Wildman–Crippen LogP) is 3.59. The van der Waals surface area contributed by atoms with Crippen molar-refractivity contribution in [2.75, 3.05) is 13.1 Å². The Morgan fingerprint density at radius 1 is 1.22 bits per heavy atom. The second-order valence-corrected chi connectivity index (χ2v) is 5.19. The molecule has 1 amide bonds. The lowest BCUT2D eigenvalue weighted by molar-refractivity contribution is -0.128. The Hall–Kier alpha value is -1.57. The van der Waals surface area contributed by atoms with Crippen LogP contribution in [0.5, 0.6) is 0 Å². The Balaban J connectivity index is 2.69. The van der Waals surface area contributed by atoms with E-state index >= 15 is 0 Å². The Kier molecular flexibility index (Phi) is 5.63. The number of carbonyl (C=O) groups excluding carboxylic acids is 1. The van der Waals surface area contributed by atoms with E-state index in [1.165, 1.54) is 11.1 Å². The fourth-order valence-corrected chi connectivity index (χ4v) is 1.93. The molecule has 0 saturated heterocycles. The van der Waals surface area contributed by atoms with Crippen LogP contribution in [0.1, 0.15) is 33.3 Å². The van der Waals surface area contributed by atoms with Gasteiger partial charge in [-0.05, 0) is 18.4 Å². The van der Waals surface area contributed by atoms with E-state index in [1.54, 1.807) is 6.92 Å². The molecule has 1 aromatic rings. The number of hydrogen-bond acceptors (Lipinski definition) is 1. The molecule has 0 aromatic heterocycles. The van der Waals surface area contributed by atoms with Crippen molar-refractivity contribution in [2.45, 2.75) is 27.7 Å². The minimum absolute atomic E-state index is 0.143. The van der Waals surface area contributed by atoms with Crippen molar-refractivity contribution in [3.05, 3.63) is 41.5 Å². The molecule has 0 radical (unpaired) electrons. The first-order valence-corrected chi connectivity index (χ1v) is 6.46. The third-order valence-corrected chi connectivity index (χ3v) is 2.68. The van der Waals surface area contributed by atoms with Gasteiger partial charge in [-0.3, -0.25) is 4.79 Å². The summed E-state index contributed by atoms with van der Waals surface area (Å²) < 4.78 is 0. The van der Waals surface area contributed by atoms with Crippen molar-refractivity contribution in [3.63, 3.8) is 0 Å². The topological polar surface area (TPSA) is 20.3 Å². The lowest BCUT2D eigenvalue weighted by Gasteiger charge is -2.23. The lowest BCUT2D eigenvalue weighted by Crippen LogP contribution is -2.33. The highest BCUT2D eigenvalue weighted by atomic mass is 16.2. The van der Waals surface area contributed by atoms with Gasteiger partial charge < -0.3 is 4.90 Å². The monoisotopic (exact) mass is 245 g/mol. The van der Waals surface area contributed by atoms with E-state index in [9.17, 15) is 4.79 Å². The van der Waals surface area contributed by atoms with Crippen molar-refractivity contribution < 1.29 is 4.79 Å². The molecule has 1 aromatic carbocycles. The fraction of sp³-hybridized carbons (Fsp3) is 0.438. The van der Waals surface area contributed by atoms with Crippen LogP contribution in [0.2, 0.25) is 0 Å². The van der Waals surface area contributed by atoms with E-state index in [4.69, 9.17) is 0 Å². The molecule has 1 rings (SSSR count). The number of rotatable bonds is 5. The molecule has 0 saturated carbocycles. The first kappa shape index (κ1) is 14.5. The summed E-state index contributed by atoms with van der Waals surface area (Å²) in [5.74, 6) is 0.642. The highest BCUT2D eigenvalue weighted by Gasteiger charge is 2.10. The molecule has 0 heterocycles. The summed E-state index contributed by atoms with van der Waals surface area (Å²) in [5.41, 5.74) is 2.39. The smallest absolute Gasteiger partial charge is 0.219 e. The SMILES string of the molecule is CC(=O)N(C/C(C)=C/c1ccccc1)CC(C)C. The highest BCUT2D eigenvalue weighted by molar-refractivity contribution is 5.73. The van der Waals surface area contributed by atoms with E-state index < -0.39 is 0 Å². The minimum Gasteiger partial charge on any atom is -0.339 e. The quantitative estimate of drug-likeness (QED) is 0.776. The molecule has 2 nitrogen and oxygen atoms in total. The number of amides is 1. The summed E-state index contributed by atoms with van der Waals surface area (Å²) in [6.45, 7) is 9.50. The van der Waals surface area contributed by atoms with Crippen LogP contribution in [0.3, 0.4) is 0 Å². The average Bonchev–Trinajstić information content (AvgIpc) is 2.28. The fourth-order valence-electron chi connectivity index (χ4n) is 1.93. The van der Waals surface area contributed by atoms with E-state index in [2.05, 4.69) is 39.0 Å². The molecule has 0 bridgehead atoms. The van der Waals surface area contributed by atoms with Gasteiger partial charge in [-0.15, -0.1) is 0 Å². The first-order valence-electron chi connectivity index (χ1n) is 6.46. The molecule has 2 heteroatoms. The van der Waals surface area contributed by atoms with Crippen LogP contribution < -0.4 is 0 Å². The molecule has 0 unspecified atom stereocenters. The van der Waals surface area contributed by atoms with E-state index in [0.717, 1.165) is 6.54 Å². The second-order valence-electron chi connectivity index (χ2n) is 5.19. The van der Waals surface area contributed by atoms with Crippen molar-refractivity contribution >= 4 is 12.0 Å². The Morgan fingerprint density at radius 2 is 1.83 bits per heavy atom. The van der Waals surface area contributed by atoms with Gasteiger partial charge in [0.1, 0.15) is 0 Å². The van der Waals surface area contributed by atoms with Crippen molar-refractivity contribution in [1.82, 2.24) is 4.90 Å². The van der Waals surface area contributed by atoms with Crippen LogP contribution in [-0.2, 0) is 4.79 Å². The van der Waals surface area contributed by atoms with E-state index in [0.29, 0.717) is 12.5 Å². The Labute approximate surface area is 110 Å². The molecule has 98 valence electrons. The van der Waals surface area contributed by atoms with Crippen LogP contribution >= 0.6 is 0 Å². The summed E-state index contributed by atoms with van der Waals surface area (Å²) in [4.78, 5) is 13.5. The van der Waals surface area contributed by atoms with E-state index in [-0.39, 0.29) is 5.91 Å². The standard InChI is InChI=1S/C16H23NO/c1-13(2)11-17(15(4)18)12-14(3)10-16-8-6-5-7-9-16/h5-10,13H,11-12H2,1-4H3/b14-10+. The summed E-state index contributed by atoms with van der Waals surface area (Å²) in [5, 5.41) is 0. The molecule has 0 spiro atoms. The van der Waals surface area contributed by atoms with Crippen LogP contribution in [0, 0.1) is 5.92 Å². The number of benzene rings is 1. The van der Waals surface area contributed by atoms with Crippen molar-refractivity contribution in [3.8, 4) is 0 Å². The van der Waals surface area contributed by atoms with Gasteiger partial charge in [-0.1, -0.05) is 55.8 Å². The van der Waals surface area contributed by atoms with Crippen molar-refractivity contribution in [2.24, 2.45) is 5.92 Å². The first-order chi connectivity index (χ1) is 8.49. The van der Waals surface area contributed by atoms with Crippen LogP contribution in [-0.4, -0.2) is 23.9 Å². The van der Waals surface area contributed by atoms with Gasteiger partial charge in [-0.2, -0.15) is 0 Å². The molecule has 0 aliphatic heterocycles. The van der Waals surface area contributed by atoms with Gasteiger partial charge in [0.15, 0.2) is 0 Å². The molecule has 0 atom stereocenters. The summed E-state index contributed by atoms with van der Waals surface area (Å²) in [6, 6.07) is 10.2. The number of carbonyl (C=O) groups is 1. The number of hydrogen-bond donors (Lipinski definition) is 0. The summed E-state index contributed by atoms with van der Waals surface area (Å²) in [6.07, 6.45) is 2.14. The second kappa shape index (κ2) is 7.00. The molecule has 0 aliphatic rings. The molecule has 0 N–H and O–H groups in total.